The van der Waals surface area contributed by atoms with E-state index < -0.39 is 6.10 Å². The molecule has 1 amide bonds. The molecule has 1 aliphatic heterocycles. The van der Waals surface area contributed by atoms with E-state index in [9.17, 15) is 14.3 Å². The molecule has 3 aromatic carbocycles. The maximum absolute atomic E-state index is 13.9. The first kappa shape index (κ1) is 17.9. The van der Waals surface area contributed by atoms with E-state index in [1.54, 1.807) is 11.0 Å². The Morgan fingerprint density at radius 2 is 1.79 bits per heavy atom. The predicted molar refractivity (Wildman–Crippen MR) is 111 cm³/mol. The summed E-state index contributed by atoms with van der Waals surface area (Å²) in [5.41, 5.74) is 2.89. The van der Waals surface area contributed by atoms with Gasteiger partial charge in [0.05, 0.1) is 12.5 Å². The molecular weight excluding hydrogens is 367 g/mol. The summed E-state index contributed by atoms with van der Waals surface area (Å²) in [6, 6.07) is 19.2. The lowest BCUT2D eigenvalue weighted by Gasteiger charge is -2.35. The Labute approximate surface area is 167 Å². The lowest BCUT2D eigenvalue weighted by Crippen LogP contribution is -2.53. The lowest BCUT2D eigenvalue weighted by atomic mass is 10.0. The number of aliphatic hydroxyl groups excluding tert-OH is 1. The minimum Gasteiger partial charge on any atom is -0.389 e. The van der Waals surface area contributed by atoms with E-state index in [1.165, 1.54) is 28.5 Å². The molecule has 5 heteroatoms. The van der Waals surface area contributed by atoms with Gasteiger partial charge in [-0.05, 0) is 40.1 Å². The van der Waals surface area contributed by atoms with Gasteiger partial charge in [0.15, 0.2) is 0 Å². The number of hydrogen-bond acceptors (Lipinski definition) is 2. The van der Waals surface area contributed by atoms with E-state index in [0.29, 0.717) is 19.6 Å². The van der Waals surface area contributed by atoms with Crippen LogP contribution in [0, 0.1) is 5.82 Å². The molecule has 4 nitrogen and oxygen atoms in total. The van der Waals surface area contributed by atoms with Crippen molar-refractivity contribution < 1.29 is 14.3 Å². The number of hydrogen-bond donors (Lipinski definition) is 1. The van der Waals surface area contributed by atoms with Crippen LogP contribution in [0.15, 0.2) is 66.9 Å². The molecule has 1 fully saturated rings. The number of β-amino-alcohol motifs (C(OH)–C–C–N with tert-alkyl or cyclic N) is 1. The zero-order valence-electron chi connectivity index (χ0n) is 15.9. The van der Waals surface area contributed by atoms with Crippen LogP contribution in [0.4, 0.5) is 4.39 Å². The van der Waals surface area contributed by atoms with Crippen LogP contribution in [-0.4, -0.2) is 39.7 Å². The lowest BCUT2D eigenvalue weighted by molar-refractivity contribution is -0.140. The van der Waals surface area contributed by atoms with Crippen molar-refractivity contribution >= 4 is 27.6 Å². The smallest absolute Gasteiger partial charge is 0.227 e. The van der Waals surface area contributed by atoms with Gasteiger partial charge in [0.2, 0.25) is 5.91 Å². The molecule has 0 unspecified atom stereocenters. The van der Waals surface area contributed by atoms with Gasteiger partial charge in [0.1, 0.15) is 5.82 Å². The number of aromatic nitrogens is 1. The summed E-state index contributed by atoms with van der Waals surface area (Å²) in [6.07, 6.45) is 1.74. The molecule has 0 radical (unpaired) electrons. The predicted octanol–water partition coefficient (Wildman–Crippen LogP) is 3.73. The van der Waals surface area contributed by atoms with E-state index >= 15 is 0 Å². The van der Waals surface area contributed by atoms with Gasteiger partial charge in [-0.25, -0.2) is 4.39 Å². The van der Waals surface area contributed by atoms with Crippen molar-refractivity contribution in [3.63, 3.8) is 0 Å². The summed E-state index contributed by atoms with van der Waals surface area (Å²) < 4.78 is 16.0. The van der Waals surface area contributed by atoms with Crippen molar-refractivity contribution in [2.45, 2.75) is 19.1 Å². The topological polar surface area (TPSA) is 45.5 Å². The number of benzene rings is 3. The zero-order chi connectivity index (χ0) is 20.0. The molecule has 4 aromatic rings. The molecular formula is C24H21FN2O2. The van der Waals surface area contributed by atoms with Crippen LogP contribution in [0.5, 0.6) is 0 Å². The summed E-state index contributed by atoms with van der Waals surface area (Å²) in [7, 11) is 0. The number of rotatable bonds is 4. The van der Waals surface area contributed by atoms with Crippen LogP contribution < -0.4 is 0 Å². The zero-order valence-corrected chi connectivity index (χ0v) is 15.9. The van der Waals surface area contributed by atoms with Crippen molar-refractivity contribution in [1.82, 2.24) is 9.47 Å². The highest BCUT2D eigenvalue weighted by molar-refractivity contribution is 5.90. The van der Waals surface area contributed by atoms with E-state index in [1.807, 2.05) is 24.4 Å². The molecule has 0 saturated carbocycles. The monoisotopic (exact) mass is 388 g/mol. The molecule has 29 heavy (non-hydrogen) atoms. The Hall–Kier alpha value is -3.18. The standard InChI is InChI=1S/C24H21FN2O2/c25-19-8-9-23-22(11-19)18(10-24(29)27-14-20(28)15-27)13-26(23)12-17-6-3-5-16-4-1-2-7-21(16)17/h1-9,11,13,20,28H,10,12,14-15H2. The van der Waals surface area contributed by atoms with Crippen molar-refractivity contribution in [3.8, 4) is 0 Å². The van der Waals surface area contributed by atoms with Gasteiger partial charge < -0.3 is 14.6 Å². The van der Waals surface area contributed by atoms with Gasteiger partial charge in [-0.3, -0.25) is 4.79 Å². The Balaban J connectivity index is 1.53. The number of nitrogens with zero attached hydrogens (tertiary/aromatic N) is 2. The first-order valence-corrected chi connectivity index (χ1v) is 9.78. The van der Waals surface area contributed by atoms with Gasteiger partial charge in [-0.1, -0.05) is 42.5 Å². The molecule has 1 N–H and O–H groups in total. The highest BCUT2D eigenvalue weighted by Gasteiger charge is 2.29. The van der Waals surface area contributed by atoms with Crippen LogP contribution in [0.3, 0.4) is 0 Å². The fourth-order valence-corrected chi connectivity index (χ4v) is 4.16. The molecule has 0 spiro atoms. The highest BCUT2D eigenvalue weighted by Crippen LogP contribution is 2.27. The normalized spacial score (nSPS) is 14.5. The van der Waals surface area contributed by atoms with Crippen LogP contribution in [0.25, 0.3) is 21.7 Å². The van der Waals surface area contributed by atoms with E-state index in [4.69, 9.17) is 0 Å². The second-order valence-corrected chi connectivity index (χ2v) is 7.71. The number of halogens is 1. The second-order valence-electron chi connectivity index (χ2n) is 7.71. The van der Waals surface area contributed by atoms with Gasteiger partial charge in [-0.2, -0.15) is 0 Å². The minimum atomic E-state index is -0.427. The van der Waals surface area contributed by atoms with Crippen molar-refractivity contribution in [3.05, 3.63) is 83.8 Å². The highest BCUT2D eigenvalue weighted by atomic mass is 19.1. The quantitative estimate of drug-likeness (QED) is 0.579. The molecule has 2 heterocycles. The molecule has 0 aliphatic carbocycles. The van der Waals surface area contributed by atoms with Gasteiger partial charge in [-0.15, -0.1) is 0 Å². The Kier molecular flexibility index (Phi) is 4.32. The number of amides is 1. The first-order chi connectivity index (χ1) is 14.1. The Bertz CT molecular complexity index is 1220. The SMILES string of the molecule is O=C(Cc1cn(Cc2cccc3ccccc23)c2ccc(F)cc12)N1CC(O)C1. The molecule has 1 aromatic heterocycles. The van der Waals surface area contributed by atoms with Gasteiger partial charge in [0, 0.05) is 36.7 Å². The minimum absolute atomic E-state index is 0.0382. The molecule has 1 saturated heterocycles. The summed E-state index contributed by atoms with van der Waals surface area (Å²) in [6.45, 7) is 1.39. The summed E-state index contributed by atoms with van der Waals surface area (Å²) >= 11 is 0. The molecule has 146 valence electrons. The third-order valence-electron chi connectivity index (χ3n) is 5.70. The number of carbonyl (C=O) groups excluding carboxylic acids is 1. The van der Waals surface area contributed by atoms with Crippen molar-refractivity contribution in [2.24, 2.45) is 0 Å². The summed E-state index contributed by atoms with van der Waals surface area (Å²) in [5.74, 6) is -0.350. The number of aliphatic hydroxyl groups is 1. The van der Waals surface area contributed by atoms with E-state index in [0.717, 1.165) is 16.5 Å². The van der Waals surface area contributed by atoms with Crippen LogP contribution in [0.2, 0.25) is 0 Å². The maximum atomic E-state index is 13.9. The summed E-state index contributed by atoms with van der Waals surface area (Å²) in [5, 5.41) is 12.6. The maximum Gasteiger partial charge on any atom is 0.227 e. The number of carbonyl (C=O) groups is 1. The fourth-order valence-electron chi connectivity index (χ4n) is 4.16. The number of likely N-dealkylation sites (tertiary alicyclic amines) is 1. The molecule has 1 aliphatic rings. The number of fused-ring (bicyclic) bond motifs is 2. The average Bonchev–Trinajstić information content (AvgIpc) is 3.02. The Morgan fingerprint density at radius 3 is 2.62 bits per heavy atom. The van der Waals surface area contributed by atoms with E-state index in [-0.39, 0.29) is 18.1 Å². The van der Waals surface area contributed by atoms with Crippen LogP contribution in [0.1, 0.15) is 11.1 Å². The van der Waals surface area contributed by atoms with Crippen LogP contribution in [-0.2, 0) is 17.8 Å². The Morgan fingerprint density at radius 1 is 1.00 bits per heavy atom. The van der Waals surface area contributed by atoms with Crippen molar-refractivity contribution in [2.75, 3.05) is 13.1 Å². The molecule has 5 rings (SSSR count). The largest absolute Gasteiger partial charge is 0.389 e. The average molecular weight is 388 g/mol. The third-order valence-corrected chi connectivity index (χ3v) is 5.70. The molecule has 0 bridgehead atoms. The first-order valence-electron chi connectivity index (χ1n) is 9.78. The van der Waals surface area contributed by atoms with Crippen LogP contribution >= 0.6 is 0 Å². The molecule has 0 atom stereocenters. The van der Waals surface area contributed by atoms with Gasteiger partial charge in [0.25, 0.3) is 0 Å². The van der Waals surface area contributed by atoms with Gasteiger partial charge >= 0.3 is 0 Å². The summed E-state index contributed by atoms with van der Waals surface area (Å²) in [4.78, 5) is 14.2. The fraction of sp³-hybridized carbons (Fsp3) is 0.208. The third kappa shape index (κ3) is 3.28. The second kappa shape index (κ2) is 7.01. The van der Waals surface area contributed by atoms with E-state index in [2.05, 4.69) is 28.8 Å². The van der Waals surface area contributed by atoms with Crippen molar-refractivity contribution in [1.29, 1.82) is 0 Å².